The second-order valence-corrected chi connectivity index (χ2v) is 4.45. The average molecular weight is 309 g/mol. The molecule has 0 radical (unpaired) electrons. The molecule has 92 valence electrons. The number of halogens is 2. The Morgan fingerprint density at radius 2 is 2.06 bits per heavy atom. The van der Waals surface area contributed by atoms with Gasteiger partial charge in [0, 0.05) is 13.2 Å². The average Bonchev–Trinajstić information content (AvgIpc) is 2.41. The quantitative estimate of drug-likeness (QED) is 0.853. The first-order valence-corrected chi connectivity index (χ1v) is 6.03. The third-order valence-electron chi connectivity index (χ3n) is 2.48. The summed E-state index contributed by atoms with van der Waals surface area (Å²) in [5.74, 6) is -0.269. The molecule has 0 bridgehead atoms. The van der Waals surface area contributed by atoms with E-state index in [1.807, 2.05) is 0 Å². The molecule has 18 heavy (non-hydrogen) atoms. The lowest BCUT2D eigenvalue weighted by atomic mass is 10.2. The number of pyridine rings is 1. The number of carbonyl (C=O) groups is 1. The van der Waals surface area contributed by atoms with Crippen LogP contribution in [0.3, 0.4) is 0 Å². The molecule has 0 aliphatic carbocycles. The normalized spacial score (nSPS) is 10.2. The van der Waals surface area contributed by atoms with Crippen molar-refractivity contribution in [1.82, 2.24) is 4.98 Å². The second-order valence-electron chi connectivity index (χ2n) is 3.65. The monoisotopic (exact) mass is 308 g/mol. The SMILES string of the molecule is CN(C(=O)c1cccc(F)c1Br)c1ccccn1. The van der Waals surface area contributed by atoms with Gasteiger partial charge in [0.1, 0.15) is 11.6 Å². The minimum atomic E-state index is -0.463. The van der Waals surface area contributed by atoms with Crippen LogP contribution in [0.2, 0.25) is 0 Å². The Bertz CT molecular complexity index is 574. The van der Waals surface area contributed by atoms with Gasteiger partial charge in [0.2, 0.25) is 0 Å². The van der Waals surface area contributed by atoms with Crippen LogP contribution in [-0.2, 0) is 0 Å². The summed E-state index contributed by atoms with van der Waals surface area (Å²) in [4.78, 5) is 17.7. The number of hydrogen-bond donors (Lipinski definition) is 0. The molecule has 1 aromatic carbocycles. The van der Waals surface area contributed by atoms with Crippen molar-refractivity contribution in [3.63, 3.8) is 0 Å². The Kier molecular flexibility index (Phi) is 3.72. The first kappa shape index (κ1) is 12.7. The number of anilines is 1. The topological polar surface area (TPSA) is 33.2 Å². The molecule has 0 fully saturated rings. The Morgan fingerprint density at radius 1 is 1.28 bits per heavy atom. The van der Waals surface area contributed by atoms with Crippen LogP contribution >= 0.6 is 15.9 Å². The van der Waals surface area contributed by atoms with E-state index in [9.17, 15) is 9.18 Å². The fraction of sp³-hybridized carbons (Fsp3) is 0.0769. The van der Waals surface area contributed by atoms with Crippen molar-refractivity contribution in [2.45, 2.75) is 0 Å². The van der Waals surface area contributed by atoms with Crippen molar-refractivity contribution in [1.29, 1.82) is 0 Å². The van der Waals surface area contributed by atoms with Crippen LogP contribution in [0.25, 0.3) is 0 Å². The first-order valence-electron chi connectivity index (χ1n) is 5.24. The fourth-order valence-corrected chi connectivity index (χ4v) is 1.94. The molecule has 0 aliphatic rings. The predicted molar refractivity (Wildman–Crippen MR) is 71.1 cm³/mol. The molecule has 1 amide bonds. The van der Waals surface area contributed by atoms with E-state index in [-0.39, 0.29) is 15.9 Å². The van der Waals surface area contributed by atoms with E-state index in [1.54, 1.807) is 37.5 Å². The van der Waals surface area contributed by atoms with Gasteiger partial charge in [-0.15, -0.1) is 0 Å². The number of rotatable bonds is 2. The molecular weight excluding hydrogens is 299 g/mol. The number of carbonyl (C=O) groups excluding carboxylic acids is 1. The summed E-state index contributed by atoms with van der Waals surface area (Å²) in [6, 6.07) is 9.62. The molecule has 1 aromatic heterocycles. The third-order valence-corrected chi connectivity index (χ3v) is 3.29. The van der Waals surface area contributed by atoms with Crippen LogP contribution in [0.5, 0.6) is 0 Å². The van der Waals surface area contributed by atoms with Crippen LogP contribution in [0.1, 0.15) is 10.4 Å². The van der Waals surface area contributed by atoms with Gasteiger partial charge in [-0.2, -0.15) is 0 Å². The summed E-state index contributed by atoms with van der Waals surface area (Å²) in [6.07, 6.45) is 1.60. The summed E-state index contributed by atoms with van der Waals surface area (Å²) < 4.78 is 13.5. The van der Waals surface area contributed by atoms with Crippen LogP contribution in [0.4, 0.5) is 10.2 Å². The number of aromatic nitrogens is 1. The van der Waals surface area contributed by atoms with Crippen LogP contribution in [-0.4, -0.2) is 17.9 Å². The lowest BCUT2D eigenvalue weighted by molar-refractivity contribution is 0.0991. The zero-order valence-corrected chi connectivity index (χ0v) is 11.2. The Hall–Kier alpha value is -1.75. The molecule has 0 saturated carbocycles. The van der Waals surface area contributed by atoms with E-state index in [0.29, 0.717) is 5.82 Å². The third kappa shape index (κ3) is 2.41. The van der Waals surface area contributed by atoms with Crippen LogP contribution in [0.15, 0.2) is 47.1 Å². The Morgan fingerprint density at radius 3 is 2.72 bits per heavy atom. The molecule has 0 spiro atoms. The van der Waals surface area contributed by atoms with E-state index < -0.39 is 5.82 Å². The maximum atomic E-state index is 13.4. The van der Waals surface area contributed by atoms with Gasteiger partial charge < -0.3 is 0 Å². The van der Waals surface area contributed by atoms with Crippen molar-refractivity contribution in [3.05, 3.63) is 58.4 Å². The smallest absolute Gasteiger partial charge is 0.260 e. The second kappa shape index (κ2) is 5.27. The van der Waals surface area contributed by atoms with E-state index in [2.05, 4.69) is 20.9 Å². The van der Waals surface area contributed by atoms with E-state index in [4.69, 9.17) is 0 Å². The molecule has 5 heteroatoms. The number of amides is 1. The van der Waals surface area contributed by atoms with Crippen molar-refractivity contribution in [2.24, 2.45) is 0 Å². The minimum absolute atomic E-state index is 0.165. The van der Waals surface area contributed by atoms with Crippen molar-refractivity contribution < 1.29 is 9.18 Å². The highest BCUT2D eigenvalue weighted by atomic mass is 79.9. The molecule has 0 unspecified atom stereocenters. The van der Waals surface area contributed by atoms with Crippen molar-refractivity contribution in [2.75, 3.05) is 11.9 Å². The first-order chi connectivity index (χ1) is 8.61. The lowest BCUT2D eigenvalue weighted by Gasteiger charge is -2.16. The van der Waals surface area contributed by atoms with Gasteiger partial charge in [0.15, 0.2) is 0 Å². The molecule has 0 aliphatic heterocycles. The maximum absolute atomic E-state index is 13.4. The van der Waals surface area contributed by atoms with Gasteiger partial charge >= 0.3 is 0 Å². The lowest BCUT2D eigenvalue weighted by Crippen LogP contribution is -2.27. The molecular formula is C13H10BrFN2O. The Labute approximate surface area is 112 Å². The zero-order chi connectivity index (χ0) is 13.1. The minimum Gasteiger partial charge on any atom is -0.296 e. The summed E-state index contributed by atoms with van der Waals surface area (Å²) in [5.41, 5.74) is 0.267. The van der Waals surface area contributed by atoms with Crippen LogP contribution in [0, 0.1) is 5.82 Å². The summed E-state index contributed by atoms with van der Waals surface area (Å²) >= 11 is 3.08. The van der Waals surface area contributed by atoms with Crippen molar-refractivity contribution in [3.8, 4) is 0 Å². The summed E-state index contributed by atoms with van der Waals surface area (Å²) in [7, 11) is 1.60. The van der Waals surface area contributed by atoms with Gasteiger partial charge in [-0.05, 0) is 40.2 Å². The standard InChI is InChI=1S/C13H10BrFN2O/c1-17(11-7-2-3-8-16-11)13(18)9-5-4-6-10(15)12(9)14/h2-8H,1H3. The number of hydrogen-bond acceptors (Lipinski definition) is 2. The molecule has 0 saturated heterocycles. The molecule has 2 rings (SSSR count). The van der Waals surface area contributed by atoms with E-state index in [0.717, 1.165) is 0 Å². The molecule has 1 heterocycles. The molecule has 0 atom stereocenters. The summed E-state index contributed by atoms with van der Waals surface area (Å²) in [6.45, 7) is 0. The summed E-state index contributed by atoms with van der Waals surface area (Å²) in [5, 5.41) is 0. The van der Waals surface area contributed by atoms with E-state index in [1.165, 1.54) is 17.0 Å². The predicted octanol–water partition coefficient (Wildman–Crippen LogP) is 3.26. The van der Waals surface area contributed by atoms with Gasteiger partial charge in [-0.1, -0.05) is 12.1 Å². The Balaban J connectivity index is 2.35. The van der Waals surface area contributed by atoms with Gasteiger partial charge in [-0.25, -0.2) is 9.37 Å². The number of benzene rings is 1. The van der Waals surface area contributed by atoms with Crippen LogP contribution < -0.4 is 4.90 Å². The highest BCUT2D eigenvalue weighted by molar-refractivity contribution is 9.10. The van der Waals surface area contributed by atoms with Gasteiger partial charge in [0.05, 0.1) is 10.0 Å². The van der Waals surface area contributed by atoms with Gasteiger partial charge in [0.25, 0.3) is 5.91 Å². The highest BCUT2D eigenvalue weighted by Crippen LogP contribution is 2.22. The maximum Gasteiger partial charge on any atom is 0.260 e. The highest BCUT2D eigenvalue weighted by Gasteiger charge is 2.18. The zero-order valence-electron chi connectivity index (χ0n) is 9.60. The molecule has 3 nitrogen and oxygen atoms in total. The number of nitrogens with zero attached hydrogens (tertiary/aromatic N) is 2. The van der Waals surface area contributed by atoms with Crippen molar-refractivity contribution >= 4 is 27.7 Å². The largest absolute Gasteiger partial charge is 0.296 e. The van der Waals surface area contributed by atoms with Gasteiger partial charge in [-0.3, -0.25) is 9.69 Å². The fourth-order valence-electron chi connectivity index (χ4n) is 1.51. The molecule has 2 aromatic rings. The van der Waals surface area contributed by atoms with E-state index >= 15 is 0 Å². The molecule has 0 N–H and O–H groups in total.